The summed E-state index contributed by atoms with van der Waals surface area (Å²) in [5.74, 6) is 0. The topological polar surface area (TPSA) is 3.24 Å². The zero-order chi connectivity index (χ0) is 42.5. The Morgan fingerprint density at radius 1 is 0.266 bits per heavy atom. The maximum Gasteiger partial charge on any atom is 0.0713 e. The Bertz CT molecular complexity index is 3300. The van der Waals surface area contributed by atoms with E-state index in [1.807, 2.05) is 0 Å². The molecule has 0 radical (unpaired) electrons. The number of hydrogen-bond acceptors (Lipinski definition) is 1. The highest BCUT2D eigenvalue weighted by Crippen LogP contribution is 2.58. The van der Waals surface area contributed by atoms with Crippen molar-refractivity contribution in [2.45, 2.75) is 5.41 Å². The molecule has 11 aromatic carbocycles. The summed E-state index contributed by atoms with van der Waals surface area (Å²) < 4.78 is 0. The normalized spacial score (nSPS) is 12.5. The van der Waals surface area contributed by atoms with Crippen molar-refractivity contribution in [2.75, 3.05) is 4.90 Å². The molecule has 1 aliphatic carbocycles. The van der Waals surface area contributed by atoms with E-state index in [1.165, 1.54) is 88.3 Å². The van der Waals surface area contributed by atoms with Gasteiger partial charge in [0.05, 0.1) is 5.41 Å². The van der Waals surface area contributed by atoms with Crippen molar-refractivity contribution in [3.8, 4) is 44.5 Å². The molecule has 300 valence electrons. The Kier molecular flexibility index (Phi) is 9.13. The first-order valence-corrected chi connectivity index (χ1v) is 22.2. The van der Waals surface area contributed by atoms with Crippen molar-refractivity contribution >= 4 is 38.6 Å². The maximum absolute atomic E-state index is 2.40. The predicted octanol–water partition coefficient (Wildman–Crippen LogP) is 16.8. The molecule has 1 heteroatoms. The lowest BCUT2D eigenvalue weighted by Gasteiger charge is -2.34. The number of nitrogens with zero attached hydrogens (tertiary/aromatic N) is 1. The first-order chi connectivity index (χ1) is 31.8. The van der Waals surface area contributed by atoms with Crippen molar-refractivity contribution in [3.63, 3.8) is 0 Å². The minimum Gasteiger partial charge on any atom is -0.310 e. The fraction of sp³-hybridized carbons (Fsp3) is 0.0159. The molecular formula is C63H43N. The number of rotatable bonds is 8. The molecule has 12 rings (SSSR count). The van der Waals surface area contributed by atoms with Crippen LogP contribution in [0.5, 0.6) is 0 Å². The second kappa shape index (κ2) is 15.6. The molecule has 0 aliphatic heterocycles. The molecule has 64 heavy (non-hydrogen) atoms. The zero-order valence-electron chi connectivity index (χ0n) is 35.3. The molecule has 0 bridgehead atoms. The van der Waals surface area contributed by atoms with Crippen LogP contribution < -0.4 is 4.90 Å². The highest BCUT2D eigenvalue weighted by Gasteiger charge is 2.46. The Hall–Kier alpha value is -8.26. The average molecular weight is 814 g/mol. The van der Waals surface area contributed by atoms with E-state index < -0.39 is 5.41 Å². The summed E-state index contributed by atoms with van der Waals surface area (Å²) >= 11 is 0. The van der Waals surface area contributed by atoms with Gasteiger partial charge in [-0.25, -0.2) is 0 Å². The first-order valence-electron chi connectivity index (χ1n) is 22.2. The van der Waals surface area contributed by atoms with Crippen LogP contribution in [0.25, 0.3) is 66.1 Å². The van der Waals surface area contributed by atoms with Crippen LogP contribution in [-0.2, 0) is 5.41 Å². The van der Waals surface area contributed by atoms with Gasteiger partial charge in [-0.1, -0.05) is 224 Å². The second-order valence-corrected chi connectivity index (χ2v) is 16.8. The van der Waals surface area contributed by atoms with E-state index in [1.54, 1.807) is 0 Å². The molecule has 0 aromatic heterocycles. The van der Waals surface area contributed by atoms with Crippen LogP contribution in [0.1, 0.15) is 22.3 Å². The summed E-state index contributed by atoms with van der Waals surface area (Å²) in [6, 6.07) is 95.7. The Morgan fingerprint density at radius 3 is 1.30 bits per heavy atom. The minimum absolute atomic E-state index is 0.467. The molecule has 1 aliphatic rings. The van der Waals surface area contributed by atoms with Crippen LogP contribution in [0.4, 0.5) is 17.1 Å². The highest BCUT2D eigenvalue weighted by atomic mass is 15.1. The van der Waals surface area contributed by atoms with Crippen molar-refractivity contribution < 1.29 is 0 Å². The van der Waals surface area contributed by atoms with E-state index >= 15 is 0 Å². The molecule has 0 fully saturated rings. The monoisotopic (exact) mass is 813 g/mol. The lowest BCUT2D eigenvalue weighted by atomic mass is 9.67. The Morgan fingerprint density at radius 2 is 0.703 bits per heavy atom. The van der Waals surface area contributed by atoms with Gasteiger partial charge in [0.25, 0.3) is 0 Å². The third-order valence-corrected chi connectivity index (χ3v) is 13.4. The average Bonchev–Trinajstić information content (AvgIpc) is 3.68. The van der Waals surface area contributed by atoms with Crippen LogP contribution in [0.2, 0.25) is 0 Å². The van der Waals surface area contributed by atoms with Gasteiger partial charge in [0.15, 0.2) is 0 Å². The number of hydrogen-bond donors (Lipinski definition) is 0. The molecule has 0 N–H and O–H groups in total. The van der Waals surface area contributed by atoms with E-state index in [2.05, 4.69) is 266 Å². The van der Waals surface area contributed by atoms with Gasteiger partial charge >= 0.3 is 0 Å². The highest BCUT2D eigenvalue weighted by molar-refractivity contribution is 5.99. The standard InChI is InChI=1S/C63H43N/c1-3-22-49(23-4-1)63(50-24-5-2-6-25-50)60-33-12-11-29-59(60)62-58(32-16-34-61(62)63)48-21-13-26-53(43-48)64(51-39-35-46(36-40-51)56-30-14-19-44-17-7-9-27-54(44)56)52-41-37-47(38-42-52)57-31-15-20-45-18-8-10-28-55(45)57/h1-43H. The smallest absolute Gasteiger partial charge is 0.0713 e. The molecule has 0 heterocycles. The number of anilines is 3. The molecule has 0 spiro atoms. The quantitative estimate of drug-likeness (QED) is 0.148. The molecule has 0 amide bonds. The maximum atomic E-state index is 2.40. The lowest BCUT2D eigenvalue weighted by Crippen LogP contribution is -2.28. The second-order valence-electron chi connectivity index (χ2n) is 16.8. The molecule has 11 aromatic rings. The number of benzene rings is 11. The Labute approximate surface area is 374 Å². The summed E-state index contributed by atoms with van der Waals surface area (Å²) in [6.07, 6.45) is 0. The predicted molar refractivity (Wildman–Crippen MR) is 270 cm³/mol. The molecule has 0 atom stereocenters. The van der Waals surface area contributed by atoms with Gasteiger partial charge in [0, 0.05) is 17.1 Å². The Balaban J connectivity index is 1.02. The summed E-state index contributed by atoms with van der Waals surface area (Å²) in [7, 11) is 0. The first kappa shape index (κ1) is 37.5. The van der Waals surface area contributed by atoms with Crippen LogP contribution >= 0.6 is 0 Å². The molecule has 0 saturated heterocycles. The van der Waals surface area contributed by atoms with Gasteiger partial charge in [-0.2, -0.15) is 0 Å². The molecular weight excluding hydrogens is 771 g/mol. The van der Waals surface area contributed by atoms with Gasteiger partial charge in [-0.05, 0) is 125 Å². The van der Waals surface area contributed by atoms with Crippen molar-refractivity contribution in [2.24, 2.45) is 0 Å². The largest absolute Gasteiger partial charge is 0.310 e. The lowest BCUT2D eigenvalue weighted by molar-refractivity contribution is 0.768. The zero-order valence-corrected chi connectivity index (χ0v) is 35.3. The van der Waals surface area contributed by atoms with Gasteiger partial charge < -0.3 is 4.90 Å². The van der Waals surface area contributed by atoms with E-state index in [0.717, 1.165) is 17.1 Å². The van der Waals surface area contributed by atoms with Gasteiger partial charge in [-0.15, -0.1) is 0 Å². The van der Waals surface area contributed by atoms with Gasteiger partial charge in [0.1, 0.15) is 0 Å². The van der Waals surface area contributed by atoms with Crippen LogP contribution in [0.3, 0.4) is 0 Å². The molecule has 1 nitrogen and oxygen atoms in total. The van der Waals surface area contributed by atoms with Crippen molar-refractivity contribution in [1.82, 2.24) is 0 Å². The minimum atomic E-state index is -0.467. The third-order valence-electron chi connectivity index (χ3n) is 13.4. The van der Waals surface area contributed by atoms with Gasteiger partial charge in [0.2, 0.25) is 0 Å². The van der Waals surface area contributed by atoms with E-state index in [4.69, 9.17) is 0 Å². The summed E-state index contributed by atoms with van der Waals surface area (Å²) in [5, 5.41) is 5.00. The number of fused-ring (bicyclic) bond motifs is 5. The summed E-state index contributed by atoms with van der Waals surface area (Å²) in [5.41, 5.74) is 17.8. The summed E-state index contributed by atoms with van der Waals surface area (Å²) in [6.45, 7) is 0. The van der Waals surface area contributed by atoms with Crippen molar-refractivity contribution in [3.05, 3.63) is 283 Å². The van der Waals surface area contributed by atoms with Crippen molar-refractivity contribution in [1.29, 1.82) is 0 Å². The SMILES string of the molecule is c1ccc(C2(c3ccccc3)c3ccccc3-c3c(-c4cccc(N(c5ccc(-c6cccc7ccccc67)cc5)c5ccc(-c6cccc7ccccc67)cc5)c4)cccc32)cc1. The van der Waals surface area contributed by atoms with Gasteiger partial charge in [-0.3, -0.25) is 0 Å². The van der Waals surface area contributed by atoms with E-state index in [-0.39, 0.29) is 0 Å². The van der Waals surface area contributed by atoms with Crippen LogP contribution in [0, 0.1) is 0 Å². The van der Waals surface area contributed by atoms with Crippen LogP contribution in [0.15, 0.2) is 261 Å². The van der Waals surface area contributed by atoms with Crippen LogP contribution in [-0.4, -0.2) is 0 Å². The van der Waals surface area contributed by atoms with E-state index in [9.17, 15) is 0 Å². The fourth-order valence-electron chi connectivity index (χ4n) is 10.5. The third kappa shape index (κ3) is 6.08. The fourth-order valence-corrected chi connectivity index (χ4v) is 10.5. The molecule has 0 saturated carbocycles. The van der Waals surface area contributed by atoms with E-state index in [0.29, 0.717) is 0 Å². The molecule has 0 unspecified atom stereocenters. The summed E-state index contributed by atoms with van der Waals surface area (Å²) in [4.78, 5) is 2.40.